The summed E-state index contributed by atoms with van der Waals surface area (Å²) in [6, 6.07) is 14.1. The molecular weight excluding hydrogens is 316 g/mol. The monoisotopic (exact) mass is 334 g/mol. The van der Waals surface area contributed by atoms with E-state index in [2.05, 4.69) is 15.0 Å². The first kappa shape index (κ1) is 16.4. The van der Waals surface area contributed by atoms with Gasteiger partial charge in [-0.25, -0.2) is 9.97 Å². The fraction of sp³-hybridized carbons (Fsp3) is 0.105. The van der Waals surface area contributed by atoms with Crippen molar-refractivity contribution in [3.63, 3.8) is 0 Å². The molecule has 0 amide bonds. The predicted molar refractivity (Wildman–Crippen MR) is 97.4 cm³/mol. The van der Waals surface area contributed by atoms with Crippen molar-refractivity contribution in [3.8, 4) is 17.2 Å². The van der Waals surface area contributed by atoms with Crippen LogP contribution in [0.4, 0.5) is 5.82 Å². The SMILES string of the molecule is CN=C(c1ccc(Oc2ccc(O)cc2)cc1)c1c(C)ncnc1N. The fourth-order valence-corrected chi connectivity index (χ4v) is 2.50. The molecule has 0 saturated carbocycles. The summed E-state index contributed by atoms with van der Waals surface area (Å²) in [5.41, 5.74) is 9.13. The highest BCUT2D eigenvalue weighted by atomic mass is 16.5. The molecule has 2 aromatic carbocycles. The lowest BCUT2D eigenvalue weighted by molar-refractivity contribution is 0.464. The lowest BCUT2D eigenvalue weighted by Gasteiger charge is -2.12. The number of hydrogen-bond donors (Lipinski definition) is 2. The smallest absolute Gasteiger partial charge is 0.136 e. The van der Waals surface area contributed by atoms with E-state index in [0.29, 0.717) is 17.3 Å². The van der Waals surface area contributed by atoms with Crippen molar-refractivity contribution in [2.24, 2.45) is 4.99 Å². The molecule has 0 unspecified atom stereocenters. The molecule has 0 bridgehead atoms. The molecule has 1 aromatic heterocycles. The highest BCUT2D eigenvalue weighted by Gasteiger charge is 2.14. The van der Waals surface area contributed by atoms with E-state index in [1.54, 1.807) is 31.3 Å². The average Bonchev–Trinajstić information content (AvgIpc) is 2.61. The van der Waals surface area contributed by atoms with Crippen LogP contribution in [0, 0.1) is 6.92 Å². The lowest BCUT2D eigenvalue weighted by Crippen LogP contribution is -2.11. The quantitative estimate of drug-likeness (QED) is 0.714. The zero-order valence-electron chi connectivity index (χ0n) is 14.0. The summed E-state index contributed by atoms with van der Waals surface area (Å²) in [4.78, 5) is 12.6. The molecule has 0 spiro atoms. The molecular formula is C19H18N4O2. The van der Waals surface area contributed by atoms with Crippen molar-refractivity contribution in [1.82, 2.24) is 9.97 Å². The number of rotatable bonds is 4. The van der Waals surface area contributed by atoms with Gasteiger partial charge in [0.05, 0.1) is 17.0 Å². The summed E-state index contributed by atoms with van der Waals surface area (Å²) in [6.45, 7) is 1.88. The number of phenols is 1. The van der Waals surface area contributed by atoms with E-state index in [4.69, 9.17) is 10.5 Å². The van der Waals surface area contributed by atoms with E-state index >= 15 is 0 Å². The Morgan fingerprint density at radius 1 is 1.00 bits per heavy atom. The van der Waals surface area contributed by atoms with Gasteiger partial charge < -0.3 is 15.6 Å². The van der Waals surface area contributed by atoms with Gasteiger partial charge >= 0.3 is 0 Å². The first-order chi connectivity index (χ1) is 12.1. The van der Waals surface area contributed by atoms with E-state index in [1.807, 2.05) is 31.2 Å². The van der Waals surface area contributed by atoms with Crippen LogP contribution in [0.15, 0.2) is 59.9 Å². The van der Waals surface area contributed by atoms with Crippen LogP contribution in [0.5, 0.6) is 17.2 Å². The number of nitrogens with two attached hydrogens (primary N) is 1. The Labute approximate surface area is 145 Å². The third-order valence-electron chi connectivity index (χ3n) is 3.73. The second-order valence-corrected chi connectivity index (χ2v) is 5.41. The summed E-state index contributed by atoms with van der Waals surface area (Å²) in [5, 5.41) is 9.31. The summed E-state index contributed by atoms with van der Waals surface area (Å²) in [5.74, 6) is 1.92. The molecule has 6 nitrogen and oxygen atoms in total. The van der Waals surface area contributed by atoms with Crippen LogP contribution in [0.3, 0.4) is 0 Å². The van der Waals surface area contributed by atoms with Gasteiger partial charge in [-0.1, -0.05) is 0 Å². The zero-order valence-corrected chi connectivity index (χ0v) is 14.0. The number of aromatic nitrogens is 2. The summed E-state index contributed by atoms with van der Waals surface area (Å²) in [6.07, 6.45) is 1.44. The van der Waals surface area contributed by atoms with Crippen LogP contribution in [-0.2, 0) is 0 Å². The van der Waals surface area contributed by atoms with Crippen molar-refractivity contribution < 1.29 is 9.84 Å². The molecule has 0 fully saturated rings. The van der Waals surface area contributed by atoms with Crippen molar-refractivity contribution in [3.05, 3.63) is 71.7 Å². The van der Waals surface area contributed by atoms with Gasteiger partial charge in [-0.2, -0.15) is 0 Å². The number of anilines is 1. The number of hydrogen-bond acceptors (Lipinski definition) is 6. The highest BCUT2D eigenvalue weighted by Crippen LogP contribution is 2.25. The number of nitrogens with zero attached hydrogens (tertiary/aromatic N) is 3. The summed E-state index contributed by atoms with van der Waals surface area (Å²) < 4.78 is 5.75. The zero-order chi connectivity index (χ0) is 17.8. The van der Waals surface area contributed by atoms with E-state index in [9.17, 15) is 5.11 Å². The number of aliphatic imine (C=N–C) groups is 1. The van der Waals surface area contributed by atoms with Crippen molar-refractivity contribution in [1.29, 1.82) is 0 Å². The van der Waals surface area contributed by atoms with Crippen LogP contribution in [0.1, 0.15) is 16.8 Å². The molecule has 0 aliphatic rings. The van der Waals surface area contributed by atoms with Crippen LogP contribution in [-0.4, -0.2) is 27.8 Å². The largest absolute Gasteiger partial charge is 0.508 e. The number of aromatic hydroxyl groups is 1. The number of phenolic OH excluding ortho intramolecular Hbond substituents is 1. The van der Waals surface area contributed by atoms with Crippen LogP contribution < -0.4 is 10.5 Å². The third-order valence-corrected chi connectivity index (χ3v) is 3.73. The Bertz CT molecular complexity index is 883. The van der Waals surface area contributed by atoms with Gasteiger partial charge in [-0.05, 0) is 55.5 Å². The Hall–Kier alpha value is -3.41. The van der Waals surface area contributed by atoms with Crippen LogP contribution in [0.25, 0.3) is 0 Å². The van der Waals surface area contributed by atoms with E-state index in [-0.39, 0.29) is 5.75 Å². The second-order valence-electron chi connectivity index (χ2n) is 5.41. The van der Waals surface area contributed by atoms with Gasteiger partial charge in [-0.3, -0.25) is 4.99 Å². The van der Waals surface area contributed by atoms with Crippen molar-refractivity contribution in [2.45, 2.75) is 6.92 Å². The molecule has 3 N–H and O–H groups in total. The fourth-order valence-electron chi connectivity index (χ4n) is 2.50. The minimum atomic E-state index is 0.199. The lowest BCUT2D eigenvalue weighted by atomic mass is 10.0. The van der Waals surface area contributed by atoms with Gasteiger partial charge in [0, 0.05) is 12.6 Å². The topological polar surface area (TPSA) is 93.6 Å². The minimum Gasteiger partial charge on any atom is -0.508 e. The molecule has 0 aliphatic heterocycles. The molecule has 25 heavy (non-hydrogen) atoms. The first-order valence-electron chi connectivity index (χ1n) is 7.70. The van der Waals surface area contributed by atoms with Gasteiger partial charge in [0.1, 0.15) is 29.4 Å². The van der Waals surface area contributed by atoms with Crippen LogP contribution >= 0.6 is 0 Å². The Kier molecular flexibility index (Phi) is 4.61. The maximum atomic E-state index is 9.31. The van der Waals surface area contributed by atoms with Gasteiger partial charge in [0.2, 0.25) is 0 Å². The van der Waals surface area contributed by atoms with Gasteiger partial charge in [0.25, 0.3) is 0 Å². The highest BCUT2D eigenvalue weighted by molar-refractivity contribution is 6.15. The Morgan fingerprint density at radius 2 is 1.60 bits per heavy atom. The van der Waals surface area contributed by atoms with E-state index in [0.717, 1.165) is 22.5 Å². The average molecular weight is 334 g/mol. The molecule has 1 heterocycles. The molecule has 0 radical (unpaired) electrons. The van der Waals surface area contributed by atoms with Gasteiger partial charge in [0.15, 0.2) is 0 Å². The second kappa shape index (κ2) is 7.00. The molecule has 3 rings (SSSR count). The number of aryl methyl sites for hydroxylation is 1. The normalized spacial score (nSPS) is 11.4. The molecule has 3 aromatic rings. The summed E-state index contributed by atoms with van der Waals surface area (Å²) in [7, 11) is 1.71. The van der Waals surface area contributed by atoms with E-state index < -0.39 is 0 Å². The molecule has 126 valence electrons. The predicted octanol–water partition coefficient (Wildman–Crippen LogP) is 3.33. The standard InChI is InChI=1S/C19H18N4O2/c1-12-17(19(20)23-11-22-12)18(21-2)13-3-7-15(8-4-13)25-16-9-5-14(24)6-10-16/h3-11,24H,1-2H3,(H2,20,22,23). The minimum absolute atomic E-state index is 0.199. The maximum absolute atomic E-state index is 9.31. The van der Waals surface area contributed by atoms with Crippen molar-refractivity contribution >= 4 is 11.5 Å². The third kappa shape index (κ3) is 3.58. The Balaban J connectivity index is 1.87. The molecule has 0 saturated heterocycles. The number of benzene rings is 2. The summed E-state index contributed by atoms with van der Waals surface area (Å²) >= 11 is 0. The van der Waals surface area contributed by atoms with E-state index in [1.165, 1.54) is 6.33 Å². The number of nitrogen functional groups attached to an aromatic ring is 1. The first-order valence-corrected chi connectivity index (χ1v) is 7.70. The molecule has 0 atom stereocenters. The number of ether oxygens (including phenoxy) is 1. The van der Waals surface area contributed by atoms with Crippen molar-refractivity contribution in [2.75, 3.05) is 12.8 Å². The maximum Gasteiger partial charge on any atom is 0.136 e. The van der Waals surface area contributed by atoms with Gasteiger partial charge in [-0.15, -0.1) is 0 Å². The molecule has 0 aliphatic carbocycles. The molecule has 6 heteroatoms. The van der Waals surface area contributed by atoms with Crippen LogP contribution in [0.2, 0.25) is 0 Å². The Morgan fingerprint density at radius 3 is 2.16 bits per heavy atom.